The maximum absolute atomic E-state index is 12.6. The van der Waals surface area contributed by atoms with Crippen LogP contribution < -0.4 is 10.1 Å². The minimum absolute atomic E-state index is 0.101. The number of rotatable bonds is 10. The van der Waals surface area contributed by atoms with Crippen LogP contribution >= 0.6 is 0 Å². The minimum atomic E-state index is -0.796. The van der Waals surface area contributed by atoms with Crippen LogP contribution in [0.5, 0.6) is 5.75 Å². The Kier molecular flexibility index (Phi) is 8.26. The summed E-state index contributed by atoms with van der Waals surface area (Å²) in [6.45, 7) is 10.9. The van der Waals surface area contributed by atoms with E-state index in [0.29, 0.717) is 12.5 Å². The Hall–Kier alpha value is -1.55. The van der Waals surface area contributed by atoms with Crippen LogP contribution in [0.4, 0.5) is 5.69 Å². The van der Waals surface area contributed by atoms with E-state index in [9.17, 15) is 4.79 Å². The first-order chi connectivity index (χ1) is 11.3. The summed E-state index contributed by atoms with van der Waals surface area (Å²) in [4.78, 5) is 12.6. The molecule has 1 aromatic carbocycles. The highest BCUT2D eigenvalue weighted by Gasteiger charge is 2.32. The number of methoxy groups -OCH3 is 1. The number of benzene rings is 1. The van der Waals surface area contributed by atoms with E-state index >= 15 is 0 Å². The second kappa shape index (κ2) is 9.67. The van der Waals surface area contributed by atoms with E-state index in [2.05, 4.69) is 26.1 Å². The third kappa shape index (κ3) is 6.16. The van der Waals surface area contributed by atoms with Crippen molar-refractivity contribution in [2.24, 2.45) is 5.92 Å². The van der Waals surface area contributed by atoms with Gasteiger partial charge in [-0.05, 0) is 49.9 Å². The summed E-state index contributed by atoms with van der Waals surface area (Å²) in [5.74, 6) is 1.24. The largest absolute Gasteiger partial charge is 0.493 e. The molecule has 136 valence electrons. The number of anilines is 1. The van der Waals surface area contributed by atoms with Gasteiger partial charge < -0.3 is 14.8 Å². The normalized spacial score (nSPS) is 13.6. The molecule has 1 aromatic rings. The van der Waals surface area contributed by atoms with Gasteiger partial charge in [0.1, 0.15) is 11.4 Å². The molecule has 1 amide bonds. The minimum Gasteiger partial charge on any atom is -0.493 e. The van der Waals surface area contributed by atoms with E-state index in [1.165, 1.54) is 0 Å². The molecule has 1 N–H and O–H groups in total. The van der Waals surface area contributed by atoms with E-state index in [0.717, 1.165) is 42.7 Å². The first-order valence-electron chi connectivity index (χ1n) is 8.92. The number of amides is 1. The number of nitrogens with one attached hydrogen (secondary N) is 1. The molecule has 0 radical (unpaired) electrons. The molecule has 0 bridgehead atoms. The standard InChI is InChI=1S/C20H33NO3/c1-7-8-9-12-20(5,23-6)19(22)21-17-10-11-18(16(4)13-17)24-14-15(2)3/h10-11,13,15H,7-9,12,14H2,1-6H3,(H,21,22)/t20-/m1/s1. The molecule has 0 spiro atoms. The molecule has 0 heterocycles. The summed E-state index contributed by atoms with van der Waals surface area (Å²) in [5.41, 5.74) is 0.988. The fourth-order valence-electron chi connectivity index (χ4n) is 2.43. The van der Waals surface area contributed by atoms with Gasteiger partial charge in [-0.1, -0.05) is 40.0 Å². The zero-order chi connectivity index (χ0) is 18.2. The Morgan fingerprint density at radius 3 is 2.54 bits per heavy atom. The lowest BCUT2D eigenvalue weighted by molar-refractivity contribution is -0.136. The summed E-state index contributed by atoms with van der Waals surface area (Å²) in [6, 6.07) is 5.73. The fourth-order valence-corrected chi connectivity index (χ4v) is 2.43. The molecule has 1 atom stereocenters. The number of ether oxygens (including phenoxy) is 2. The van der Waals surface area contributed by atoms with Gasteiger partial charge in [-0.25, -0.2) is 0 Å². The van der Waals surface area contributed by atoms with Crippen molar-refractivity contribution < 1.29 is 14.3 Å². The van der Waals surface area contributed by atoms with Crippen LogP contribution in [0, 0.1) is 12.8 Å². The molecule has 0 aliphatic rings. The van der Waals surface area contributed by atoms with Crippen molar-refractivity contribution in [1.82, 2.24) is 0 Å². The third-order valence-electron chi connectivity index (χ3n) is 4.19. The first-order valence-corrected chi connectivity index (χ1v) is 8.92. The number of carbonyl (C=O) groups excluding carboxylic acids is 1. The van der Waals surface area contributed by atoms with Crippen molar-refractivity contribution in [1.29, 1.82) is 0 Å². The van der Waals surface area contributed by atoms with E-state index < -0.39 is 5.60 Å². The molecule has 0 unspecified atom stereocenters. The van der Waals surface area contributed by atoms with Gasteiger partial charge in [0, 0.05) is 12.8 Å². The van der Waals surface area contributed by atoms with Crippen LogP contribution in [0.2, 0.25) is 0 Å². The van der Waals surface area contributed by atoms with Crippen LogP contribution in [0.1, 0.15) is 58.9 Å². The second-order valence-electron chi connectivity index (χ2n) is 7.03. The number of hydrogen-bond acceptors (Lipinski definition) is 3. The molecule has 0 aromatic heterocycles. The van der Waals surface area contributed by atoms with Crippen molar-refractivity contribution in [2.75, 3.05) is 19.0 Å². The smallest absolute Gasteiger partial charge is 0.256 e. The van der Waals surface area contributed by atoms with Crippen LogP contribution in [-0.4, -0.2) is 25.2 Å². The number of hydrogen-bond donors (Lipinski definition) is 1. The molecule has 4 heteroatoms. The van der Waals surface area contributed by atoms with Crippen LogP contribution in [0.25, 0.3) is 0 Å². The predicted octanol–water partition coefficient (Wildman–Crippen LogP) is 4.95. The van der Waals surface area contributed by atoms with Crippen LogP contribution in [0.15, 0.2) is 18.2 Å². The Morgan fingerprint density at radius 1 is 1.29 bits per heavy atom. The van der Waals surface area contributed by atoms with Gasteiger partial charge in [0.05, 0.1) is 6.61 Å². The Labute approximate surface area is 146 Å². The van der Waals surface area contributed by atoms with Crippen molar-refractivity contribution >= 4 is 11.6 Å². The molecule has 24 heavy (non-hydrogen) atoms. The summed E-state index contributed by atoms with van der Waals surface area (Å²) in [7, 11) is 1.60. The lowest BCUT2D eigenvalue weighted by Gasteiger charge is -2.27. The predicted molar refractivity (Wildman–Crippen MR) is 99.7 cm³/mol. The van der Waals surface area contributed by atoms with Gasteiger partial charge in [0.2, 0.25) is 0 Å². The van der Waals surface area contributed by atoms with Crippen molar-refractivity contribution in [2.45, 2.75) is 65.9 Å². The van der Waals surface area contributed by atoms with E-state index in [4.69, 9.17) is 9.47 Å². The number of aryl methyl sites for hydroxylation is 1. The van der Waals surface area contributed by atoms with E-state index in [1.54, 1.807) is 7.11 Å². The van der Waals surface area contributed by atoms with E-state index in [-0.39, 0.29) is 5.91 Å². The first kappa shape index (κ1) is 20.5. The van der Waals surface area contributed by atoms with Crippen molar-refractivity contribution in [3.05, 3.63) is 23.8 Å². The zero-order valence-corrected chi connectivity index (χ0v) is 16.1. The highest BCUT2D eigenvalue weighted by Crippen LogP contribution is 2.25. The summed E-state index contributed by atoms with van der Waals surface area (Å²) in [5, 5.41) is 2.97. The summed E-state index contributed by atoms with van der Waals surface area (Å²) >= 11 is 0. The van der Waals surface area contributed by atoms with Gasteiger partial charge in [0.25, 0.3) is 5.91 Å². The van der Waals surface area contributed by atoms with Gasteiger partial charge >= 0.3 is 0 Å². The Balaban J connectivity index is 2.73. The molecular formula is C20H33NO3. The summed E-state index contributed by atoms with van der Waals surface area (Å²) in [6.07, 6.45) is 3.93. The topological polar surface area (TPSA) is 47.6 Å². The van der Waals surface area contributed by atoms with Gasteiger partial charge in [-0.2, -0.15) is 0 Å². The highest BCUT2D eigenvalue weighted by molar-refractivity contribution is 5.97. The molecule has 0 aliphatic heterocycles. The molecular weight excluding hydrogens is 302 g/mol. The summed E-state index contributed by atoms with van der Waals surface area (Å²) < 4.78 is 11.3. The van der Waals surface area contributed by atoms with Gasteiger partial charge in [-0.3, -0.25) is 4.79 Å². The molecule has 0 fully saturated rings. The fraction of sp³-hybridized carbons (Fsp3) is 0.650. The maximum Gasteiger partial charge on any atom is 0.256 e. The SMILES string of the molecule is CCCCC[C@@](C)(OC)C(=O)Nc1ccc(OCC(C)C)c(C)c1. The average Bonchev–Trinajstić information content (AvgIpc) is 2.53. The van der Waals surface area contributed by atoms with Crippen molar-refractivity contribution in [3.8, 4) is 5.75 Å². The third-order valence-corrected chi connectivity index (χ3v) is 4.19. The molecule has 4 nitrogen and oxygen atoms in total. The van der Waals surface area contributed by atoms with Crippen LogP contribution in [0.3, 0.4) is 0 Å². The van der Waals surface area contributed by atoms with Crippen molar-refractivity contribution in [3.63, 3.8) is 0 Å². The molecule has 1 rings (SSSR count). The van der Waals surface area contributed by atoms with E-state index in [1.807, 2.05) is 32.0 Å². The second-order valence-corrected chi connectivity index (χ2v) is 7.03. The molecule has 0 saturated carbocycles. The average molecular weight is 335 g/mol. The maximum atomic E-state index is 12.6. The number of unbranched alkanes of at least 4 members (excludes halogenated alkanes) is 2. The lowest BCUT2D eigenvalue weighted by Crippen LogP contribution is -2.41. The molecule has 0 saturated heterocycles. The monoisotopic (exact) mass is 335 g/mol. The quantitative estimate of drug-likeness (QED) is 0.615. The van der Waals surface area contributed by atoms with Gasteiger partial charge in [-0.15, -0.1) is 0 Å². The highest BCUT2D eigenvalue weighted by atomic mass is 16.5. The molecule has 0 aliphatic carbocycles. The Bertz CT molecular complexity index is 528. The number of carbonyl (C=O) groups is 1. The van der Waals surface area contributed by atoms with Crippen LogP contribution in [-0.2, 0) is 9.53 Å². The Morgan fingerprint density at radius 2 is 2.00 bits per heavy atom. The zero-order valence-electron chi connectivity index (χ0n) is 16.1. The van der Waals surface area contributed by atoms with Gasteiger partial charge in [0.15, 0.2) is 0 Å². The lowest BCUT2D eigenvalue weighted by atomic mass is 9.97.